The van der Waals surface area contributed by atoms with Crippen molar-refractivity contribution in [3.63, 3.8) is 0 Å². The number of nitrogens with zero attached hydrogens (tertiary/aromatic N) is 3. The van der Waals surface area contributed by atoms with Crippen molar-refractivity contribution >= 4 is 6.09 Å². The van der Waals surface area contributed by atoms with Crippen molar-refractivity contribution in [2.24, 2.45) is 7.05 Å². The first-order valence-corrected chi connectivity index (χ1v) is 8.40. The molecule has 1 saturated heterocycles. The van der Waals surface area contributed by atoms with E-state index < -0.39 is 6.09 Å². The van der Waals surface area contributed by atoms with Crippen LogP contribution in [-0.2, 0) is 13.7 Å². The summed E-state index contributed by atoms with van der Waals surface area (Å²) >= 11 is 0. The summed E-state index contributed by atoms with van der Waals surface area (Å²) in [7, 11) is 4.99. The van der Waals surface area contributed by atoms with E-state index in [1.54, 1.807) is 31.0 Å². The zero-order chi connectivity index (χ0) is 18.7. The molecule has 1 aliphatic rings. The number of benzene rings is 1. The van der Waals surface area contributed by atoms with Gasteiger partial charge in [-0.3, -0.25) is 9.58 Å². The second-order valence-electron chi connectivity index (χ2n) is 6.12. The fraction of sp³-hybridized carbons (Fsp3) is 0.444. The Kier molecular flexibility index (Phi) is 5.20. The van der Waals surface area contributed by atoms with E-state index in [1.165, 1.54) is 4.90 Å². The smallest absolute Gasteiger partial charge is 0.407 e. The normalized spacial score (nSPS) is 16.6. The van der Waals surface area contributed by atoms with Gasteiger partial charge in [0.1, 0.15) is 12.4 Å². The van der Waals surface area contributed by atoms with Gasteiger partial charge >= 0.3 is 6.09 Å². The van der Waals surface area contributed by atoms with Gasteiger partial charge in [0.05, 0.1) is 31.6 Å². The second kappa shape index (κ2) is 7.55. The lowest BCUT2D eigenvalue weighted by Crippen LogP contribution is -2.29. The summed E-state index contributed by atoms with van der Waals surface area (Å²) in [6, 6.07) is 7.08. The molecule has 3 rings (SSSR count). The minimum absolute atomic E-state index is 0.187. The maximum absolute atomic E-state index is 11.3. The molecule has 0 saturated carbocycles. The van der Waals surface area contributed by atoms with Crippen molar-refractivity contribution in [3.8, 4) is 17.2 Å². The van der Waals surface area contributed by atoms with Gasteiger partial charge in [-0.2, -0.15) is 5.10 Å². The van der Waals surface area contributed by atoms with E-state index in [2.05, 4.69) is 5.10 Å². The highest BCUT2D eigenvalue weighted by Crippen LogP contribution is 2.33. The van der Waals surface area contributed by atoms with Crippen molar-refractivity contribution in [2.75, 3.05) is 20.8 Å². The van der Waals surface area contributed by atoms with Crippen LogP contribution in [0.2, 0.25) is 0 Å². The van der Waals surface area contributed by atoms with Gasteiger partial charge in [0.2, 0.25) is 0 Å². The van der Waals surface area contributed by atoms with Gasteiger partial charge in [0.15, 0.2) is 11.5 Å². The molecule has 1 atom stereocenters. The third-order valence-electron chi connectivity index (χ3n) is 4.58. The molecule has 0 bridgehead atoms. The van der Waals surface area contributed by atoms with Crippen LogP contribution in [0.25, 0.3) is 0 Å². The molecule has 1 unspecified atom stereocenters. The van der Waals surface area contributed by atoms with Gasteiger partial charge in [-0.05, 0) is 31.0 Å². The first kappa shape index (κ1) is 17.9. The quantitative estimate of drug-likeness (QED) is 0.851. The predicted molar refractivity (Wildman–Crippen MR) is 93.8 cm³/mol. The molecule has 0 radical (unpaired) electrons. The maximum Gasteiger partial charge on any atom is 0.407 e. The molecular weight excluding hydrogens is 338 g/mol. The fourth-order valence-corrected chi connectivity index (χ4v) is 3.20. The van der Waals surface area contributed by atoms with Gasteiger partial charge in [-0.25, -0.2) is 4.79 Å². The average molecular weight is 361 g/mol. The second-order valence-corrected chi connectivity index (χ2v) is 6.12. The summed E-state index contributed by atoms with van der Waals surface area (Å²) in [5, 5.41) is 13.8. The Balaban J connectivity index is 1.71. The first-order chi connectivity index (χ1) is 12.5. The van der Waals surface area contributed by atoms with Crippen LogP contribution >= 0.6 is 0 Å². The van der Waals surface area contributed by atoms with Gasteiger partial charge in [-0.15, -0.1) is 0 Å². The number of amides is 1. The molecule has 8 heteroatoms. The summed E-state index contributed by atoms with van der Waals surface area (Å²) in [5.41, 5.74) is 1.63. The summed E-state index contributed by atoms with van der Waals surface area (Å²) in [4.78, 5) is 12.8. The predicted octanol–water partition coefficient (Wildman–Crippen LogP) is 2.83. The molecule has 8 nitrogen and oxygen atoms in total. The number of aryl methyl sites for hydroxylation is 1. The monoisotopic (exact) mass is 361 g/mol. The summed E-state index contributed by atoms with van der Waals surface area (Å²) in [6.07, 6.45) is 0.742. The van der Waals surface area contributed by atoms with Crippen molar-refractivity contribution in [2.45, 2.75) is 25.5 Å². The molecule has 140 valence electrons. The molecule has 0 aliphatic carbocycles. The maximum atomic E-state index is 11.3. The molecule has 1 fully saturated rings. The third kappa shape index (κ3) is 3.54. The Morgan fingerprint density at radius 1 is 1.27 bits per heavy atom. The van der Waals surface area contributed by atoms with E-state index in [0.29, 0.717) is 30.4 Å². The summed E-state index contributed by atoms with van der Waals surface area (Å²) < 4.78 is 18.1. The molecule has 1 aliphatic heterocycles. The Hall–Kier alpha value is -2.90. The Morgan fingerprint density at radius 2 is 2.04 bits per heavy atom. The van der Waals surface area contributed by atoms with Gasteiger partial charge in [0.25, 0.3) is 0 Å². The third-order valence-corrected chi connectivity index (χ3v) is 4.58. The minimum atomic E-state index is -0.902. The number of carboxylic acid groups (broad SMARTS) is 1. The zero-order valence-electron chi connectivity index (χ0n) is 15.1. The van der Waals surface area contributed by atoms with E-state index in [1.807, 2.05) is 19.2 Å². The lowest BCUT2D eigenvalue weighted by molar-refractivity contribution is 0.139. The molecule has 1 aromatic heterocycles. The van der Waals surface area contributed by atoms with Crippen molar-refractivity contribution in [3.05, 3.63) is 35.7 Å². The molecule has 0 spiro atoms. The highest BCUT2D eigenvalue weighted by Gasteiger charge is 2.31. The van der Waals surface area contributed by atoms with E-state index in [0.717, 1.165) is 24.2 Å². The fourth-order valence-electron chi connectivity index (χ4n) is 3.20. The highest BCUT2D eigenvalue weighted by atomic mass is 16.5. The molecule has 1 amide bonds. The first-order valence-electron chi connectivity index (χ1n) is 8.40. The zero-order valence-corrected chi connectivity index (χ0v) is 15.1. The largest absolute Gasteiger partial charge is 0.493 e. The number of likely N-dealkylation sites (tertiary alicyclic amines) is 1. The summed E-state index contributed by atoms with van der Waals surface area (Å²) in [5.74, 6) is 1.88. The van der Waals surface area contributed by atoms with Crippen molar-refractivity contribution in [1.29, 1.82) is 0 Å². The number of rotatable bonds is 6. The lowest BCUT2D eigenvalue weighted by atomic mass is 10.1. The van der Waals surface area contributed by atoms with Crippen LogP contribution in [0.4, 0.5) is 4.79 Å². The van der Waals surface area contributed by atoms with Crippen LogP contribution in [0.1, 0.15) is 30.3 Å². The van der Waals surface area contributed by atoms with Gasteiger partial charge in [0, 0.05) is 19.7 Å². The number of hydrogen-bond donors (Lipinski definition) is 1. The van der Waals surface area contributed by atoms with Crippen LogP contribution in [0.3, 0.4) is 0 Å². The standard InChI is InChI=1S/C18H23N3O5/c1-20-12(9-14(19-20)15-5-4-8-21(15)18(22)23)11-26-13-6-7-16(24-2)17(10-13)25-3/h6-7,9-10,15H,4-5,8,11H2,1-3H3,(H,22,23). The lowest BCUT2D eigenvalue weighted by Gasteiger charge is -2.19. The number of aromatic nitrogens is 2. The van der Waals surface area contributed by atoms with Gasteiger partial charge in [-0.1, -0.05) is 0 Å². The van der Waals surface area contributed by atoms with E-state index in [-0.39, 0.29) is 6.04 Å². The Labute approximate surface area is 151 Å². The molecule has 26 heavy (non-hydrogen) atoms. The number of methoxy groups -OCH3 is 2. The molecular formula is C18H23N3O5. The average Bonchev–Trinajstić information content (AvgIpc) is 3.26. The number of carbonyl (C=O) groups is 1. The SMILES string of the molecule is COc1ccc(OCc2cc(C3CCCN3C(=O)O)nn2C)cc1OC. The number of ether oxygens (including phenoxy) is 3. The van der Waals surface area contributed by atoms with Crippen molar-refractivity contribution < 1.29 is 24.1 Å². The molecule has 2 heterocycles. The molecule has 2 aromatic rings. The molecule has 1 aromatic carbocycles. The van der Waals surface area contributed by atoms with E-state index >= 15 is 0 Å². The minimum Gasteiger partial charge on any atom is -0.493 e. The van der Waals surface area contributed by atoms with Crippen LogP contribution in [0, 0.1) is 0 Å². The summed E-state index contributed by atoms with van der Waals surface area (Å²) in [6.45, 7) is 0.868. The Bertz CT molecular complexity index is 789. The van der Waals surface area contributed by atoms with Crippen LogP contribution < -0.4 is 14.2 Å². The van der Waals surface area contributed by atoms with Crippen molar-refractivity contribution in [1.82, 2.24) is 14.7 Å². The van der Waals surface area contributed by atoms with Crippen LogP contribution in [0.5, 0.6) is 17.2 Å². The topological polar surface area (TPSA) is 86.0 Å². The highest BCUT2D eigenvalue weighted by molar-refractivity contribution is 5.66. The van der Waals surface area contributed by atoms with E-state index in [4.69, 9.17) is 14.2 Å². The Morgan fingerprint density at radius 3 is 2.73 bits per heavy atom. The van der Waals surface area contributed by atoms with Gasteiger partial charge < -0.3 is 19.3 Å². The molecule has 1 N–H and O–H groups in total. The van der Waals surface area contributed by atoms with Crippen LogP contribution in [0.15, 0.2) is 24.3 Å². The number of hydrogen-bond acceptors (Lipinski definition) is 5. The van der Waals surface area contributed by atoms with E-state index in [9.17, 15) is 9.90 Å². The van der Waals surface area contributed by atoms with Crippen LogP contribution in [-0.4, -0.2) is 46.6 Å².